The van der Waals surface area contributed by atoms with Crippen molar-refractivity contribution >= 4 is 23.3 Å². The van der Waals surface area contributed by atoms with Gasteiger partial charge in [-0.3, -0.25) is 14.6 Å². The fraction of sp³-hybridized carbons (Fsp3) is 0.429. The van der Waals surface area contributed by atoms with Gasteiger partial charge >= 0.3 is 0 Å². The van der Waals surface area contributed by atoms with E-state index in [-0.39, 0.29) is 29.2 Å². The first-order valence-electron chi connectivity index (χ1n) is 12.8. The van der Waals surface area contributed by atoms with E-state index in [0.717, 1.165) is 5.56 Å². The van der Waals surface area contributed by atoms with E-state index in [1.54, 1.807) is 31.3 Å². The molecule has 2 fully saturated rings. The SMILES string of the molecule is C[C@@H]1CN(C(=O)[C@@H]2CN(c3ccc(=O)n(C)n3)C[C@H]2c2ccc(F)cn2)C[C@H](C)[C@]1(O)c1ccc(Cl)cc1. The van der Waals surface area contributed by atoms with Crippen molar-refractivity contribution in [2.75, 3.05) is 31.1 Å². The Morgan fingerprint density at radius 1 is 1.03 bits per heavy atom. The first-order valence-corrected chi connectivity index (χ1v) is 13.1. The second-order valence-corrected chi connectivity index (χ2v) is 11.0. The van der Waals surface area contributed by atoms with Crippen LogP contribution in [0.5, 0.6) is 0 Å². The summed E-state index contributed by atoms with van der Waals surface area (Å²) in [5, 5.41) is 16.7. The number of benzene rings is 1. The van der Waals surface area contributed by atoms with Crippen LogP contribution in [0.15, 0.2) is 59.5 Å². The lowest BCUT2D eigenvalue weighted by Gasteiger charge is -2.48. The van der Waals surface area contributed by atoms with Crippen molar-refractivity contribution in [1.29, 1.82) is 0 Å². The van der Waals surface area contributed by atoms with Crippen LogP contribution in [0.3, 0.4) is 0 Å². The van der Waals surface area contributed by atoms with Gasteiger partial charge in [-0.1, -0.05) is 37.6 Å². The lowest BCUT2D eigenvalue weighted by Crippen LogP contribution is -2.57. The van der Waals surface area contributed by atoms with Crippen LogP contribution in [0.1, 0.15) is 31.0 Å². The summed E-state index contributed by atoms with van der Waals surface area (Å²) in [7, 11) is 1.59. The molecule has 8 nitrogen and oxygen atoms in total. The molecule has 0 radical (unpaired) electrons. The molecule has 5 rings (SSSR count). The third kappa shape index (κ3) is 4.69. The molecule has 38 heavy (non-hydrogen) atoms. The number of aliphatic hydroxyl groups is 1. The molecule has 5 atom stereocenters. The highest BCUT2D eigenvalue weighted by atomic mass is 35.5. The van der Waals surface area contributed by atoms with Crippen molar-refractivity contribution in [3.05, 3.63) is 87.2 Å². The van der Waals surface area contributed by atoms with Gasteiger partial charge in [0.15, 0.2) is 0 Å². The number of nitrogens with zero attached hydrogens (tertiary/aromatic N) is 5. The molecule has 200 valence electrons. The standard InChI is InChI=1S/C28H31ClFN5O3/c1-17-13-35(14-18(2)28(17,38)19-4-6-20(29)7-5-19)27(37)23-16-34(25-10-11-26(36)33(3)32-25)15-22(23)24-9-8-21(30)12-31-24/h4-12,17-18,22-23,38H,13-16H2,1-3H3/t17-,18+,22-,23-,28+/m1/s1. The van der Waals surface area contributed by atoms with E-state index in [4.69, 9.17) is 11.6 Å². The highest BCUT2D eigenvalue weighted by molar-refractivity contribution is 6.30. The van der Waals surface area contributed by atoms with Gasteiger partial charge in [0.1, 0.15) is 11.6 Å². The number of carbonyl (C=O) groups excluding carboxylic acids is 1. The molecule has 3 aromatic rings. The topological polar surface area (TPSA) is 91.6 Å². The monoisotopic (exact) mass is 539 g/mol. The van der Waals surface area contributed by atoms with Gasteiger partial charge in [0.2, 0.25) is 5.91 Å². The number of likely N-dealkylation sites (tertiary alicyclic amines) is 1. The third-order valence-corrected chi connectivity index (χ3v) is 8.40. The number of hydrogen-bond acceptors (Lipinski definition) is 6. The molecule has 1 N–H and O–H groups in total. The van der Waals surface area contributed by atoms with E-state index in [1.165, 1.54) is 23.0 Å². The Morgan fingerprint density at radius 3 is 2.32 bits per heavy atom. The maximum atomic E-state index is 14.1. The summed E-state index contributed by atoms with van der Waals surface area (Å²) in [6.45, 7) is 5.53. The van der Waals surface area contributed by atoms with E-state index in [2.05, 4.69) is 10.1 Å². The molecule has 10 heteroatoms. The first kappa shape index (κ1) is 26.3. The van der Waals surface area contributed by atoms with Crippen molar-refractivity contribution in [3.63, 3.8) is 0 Å². The molecule has 1 aromatic carbocycles. The van der Waals surface area contributed by atoms with Crippen LogP contribution < -0.4 is 10.5 Å². The summed E-state index contributed by atoms with van der Waals surface area (Å²) in [6, 6.07) is 13.3. The second-order valence-electron chi connectivity index (χ2n) is 10.6. The van der Waals surface area contributed by atoms with Gasteiger partial charge in [0.05, 0.1) is 17.7 Å². The maximum absolute atomic E-state index is 14.1. The highest BCUT2D eigenvalue weighted by Gasteiger charge is 2.49. The van der Waals surface area contributed by atoms with Gasteiger partial charge < -0.3 is 14.9 Å². The van der Waals surface area contributed by atoms with E-state index in [0.29, 0.717) is 42.7 Å². The van der Waals surface area contributed by atoms with Crippen molar-refractivity contribution < 1.29 is 14.3 Å². The summed E-state index contributed by atoms with van der Waals surface area (Å²) in [4.78, 5) is 34.0. The van der Waals surface area contributed by atoms with Crippen molar-refractivity contribution in [2.24, 2.45) is 24.8 Å². The van der Waals surface area contributed by atoms with E-state index >= 15 is 0 Å². The maximum Gasteiger partial charge on any atom is 0.266 e. The number of carbonyl (C=O) groups is 1. The Morgan fingerprint density at radius 2 is 1.71 bits per heavy atom. The molecular weight excluding hydrogens is 509 g/mol. The predicted molar refractivity (Wildman–Crippen MR) is 142 cm³/mol. The van der Waals surface area contributed by atoms with Gasteiger partial charge in [-0.15, -0.1) is 0 Å². The molecule has 1 amide bonds. The minimum Gasteiger partial charge on any atom is -0.384 e. The lowest BCUT2D eigenvalue weighted by atomic mass is 9.70. The molecule has 0 spiro atoms. The molecule has 2 aromatic heterocycles. The van der Waals surface area contributed by atoms with Crippen molar-refractivity contribution in [3.8, 4) is 0 Å². The number of aromatic nitrogens is 3. The molecule has 4 heterocycles. The van der Waals surface area contributed by atoms with Gasteiger partial charge in [0, 0.05) is 67.8 Å². The largest absolute Gasteiger partial charge is 0.384 e. The minimum absolute atomic E-state index is 0.0368. The van der Waals surface area contributed by atoms with Crippen LogP contribution in [0.2, 0.25) is 5.02 Å². The average Bonchev–Trinajstić information content (AvgIpc) is 3.34. The van der Waals surface area contributed by atoms with E-state index in [9.17, 15) is 19.1 Å². The number of hydrogen-bond donors (Lipinski definition) is 1. The van der Waals surface area contributed by atoms with Crippen LogP contribution in [0.25, 0.3) is 0 Å². The van der Waals surface area contributed by atoms with Crippen LogP contribution >= 0.6 is 11.6 Å². The predicted octanol–water partition coefficient (Wildman–Crippen LogP) is 3.19. The number of halogens is 2. The molecule has 2 saturated heterocycles. The van der Waals surface area contributed by atoms with Gasteiger partial charge in [-0.25, -0.2) is 9.07 Å². The Kier molecular flexibility index (Phi) is 7.00. The molecule has 0 unspecified atom stereocenters. The Bertz CT molecular complexity index is 1370. The summed E-state index contributed by atoms with van der Waals surface area (Å²) in [6.07, 6.45) is 1.17. The van der Waals surface area contributed by atoms with Crippen molar-refractivity contribution in [2.45, 2.75) is 25.4 Å². The van der Waals surface area contributed by atoms with Gasteiger partial charge in [0.25, 0.3) is 5.56 Å². The highest BCUT2D eigenvalue weighted by Crippen LogP contribution is 2.43. The van der Waals surface area contributed by atoms with Crippen LogP contribution in [-0.4, -0.2) is 56.9 Å². The molecule has 0 bridgehead atoms. The van der Waals surface area contributed by atoms with Crippen LogP contribution in [0, 0.1) is 23.6 Å². The molecular formula is C28H31ClFN5O3. The lowest BCUT2D eigenvalue weighted by molar-refractivity contribution is -0.152. The number of anilines is 1. The summed E-state index contributed by atoms with van der Waals surface area (Å²) >= 11 is 6.07. The molecule has 0 saturated carbocycles. The molecule has 0 aliphatic carbocycles. The average molecular weight is 540 g/mol. The van der Waals surface area contributed by atoms with E-state index < -0.39 is 17.3 Å². The third-order valence-electron chi connectivity index (χ3n) is 8.15. The summed E-state index contributed by atoms with van der Waals surface area (Å²) in [5.74, 6) is -1.06. The summed E-state index contributed by atoms with van der Waals surface area (Å²) in [5.41, 5.74) is 0.101. The number of amides is 1. The van der Waals surface area contributed by atoms with E-state index in [1.807, 2.05) is 35.8 Å². The first-order chi connectivity index (χ1) is 18.1. The number of rotatable bonds is 4. The normalized spacial score (nSPS) is 27.5. The smallest absolute Gasteiger partial charge is 0.266 e. The zero-order chi connectivity index (χ0) is 27.2. The fourth-order valence-corrected chi connectivity index (χ4v) is 6.13. The number of pyridine rings is 1. The number of aryl methyl sites for hydroxylation is 1. The quantitative estimate of drug-likeness (QED) is 0.547. The van der Waals surface area contributed by atoms with Crippen LogP contribution in [-0.2, 0) is 17.4 Å². The second kappa shape index (κ2) is 10.1. The zero-order valence-electron chi connectivity index (χ0n) is 21.6. The fourth-order valence-electron chi connectivity index (χ4n) is 6.01. The van der Waals surface area contributed by atoms with Crippen molar-refractivity contribution in [1.82, 2.24) is 19.7 Å². The zero-order valence-corrected chi connectivity index (χ0v) is 22.3. The molecule has 2 aliphatic rings. The number of piperidine rings is 1. The minimum atomic E-state index is -1.10. The Labute approximate surface area is 225 Å². The molecule has 2 aliphatic heterocycles. The van der Waals surface area contributed by atoms with Gasteiger partial charge in [-0.2, -0.15) is 5.10 Å². The van der Waals surface area contributed by atoms with Gasteiger partial charge in [-0.05, 0) is 35.9 Å². The summed E-state index contributed by atoms with van der Waals surface area (Å²) < 4.78 is 14.9. The Balaban J connectivity index is 1.42. The van der Waals surface area contributed by atoms with Crippen LogP contribution in [0.4, 0.5) is 10.2 Å². The Hall–Kier alpha value is -3.30.